The highest BCUT2D eigenvalue weighted by Crippen LogP contribution is 2.30. The third kappa shape index (κ3) is 4.44. The largest absolute Gasteiger partial charge is 0.332 e. The number of amides is 1. The van der Waals surface area contributed by atoms with Crippen LogP contribution in [-0.2, 0) is 14.6 Å². The maximum atomic E-state index is 12.3. The lowest BCUT2D eigenvalue weighted by Crippen LogP contribution is -2.44. The molecule has 0 aromatic rings. The molecule has 0 bridgehead atoms. The number of rotatable bonds is 6. The molecule has 0 unspecified atom stereocenters. The second-order valence-electron chi connectivity index (χ2n) is 5.18. The molecule has 1 saturated carbocycles. The van der Waals surface area contributed by atoms with E-state index in [0.29, 0.717) is 5.57 Å². The zero-order valence-electron chi connectivity index (χ0n) is 11.6. The minimum atomic E-state index is -3.06. The van der Waals surface area contributed by atoms with Gasteiger partial charge in [-0.1, -0.05) is 13.0 Å². The molecular formula is C13H23NO3S. The van der Waals surface area contributed by atoms with E-state index in [2.05, 4.69) is 0 Å². The Balaban J connectivity index is 2.83. The summed E-state index contributed by atoms with van der Waals surface area (Å²) in [5, 5.41) is 0. The third-order valence-electron chi connectivity index (χ3n) is 3.04. The maximum Gasteiger partial charge on any atom is 0.249 e. The van der Waals surface area contributed by atoms with Crippen molar-refractivity contribution in [2.24, 2.45) is 0 Å². The lowest BCUT2D eigenvalue weighted by molar-refractivity contribution is -0.129. The predicted octanol–water partition coefficient (Wildman–Crippen LogP) is 1.77. The Kier molecular flexibility index (Phi) is 4.96. The average Bonchev–Trinajstić information content (AvgIpc) is 2.99. The molecule has 0 aliphatic heterocycles. The summed E-state index contributed by atoms with van der Waals surface area (Å²) in [5.74, 6) is 0.0183. The molecule has 0 saturated heterocycles. The van der Waals surface area contributed by atoms with Crippen LogP contribution in [0.1, 0.15) is 40.0 Å². The molecule has 4 nitrogen and oxygen atoms in total. The molecule has 1 aliphatic rings. The van der Waals surface area contributed by atoms with E-state index in [1.54, 1.807) is 11.8 Å². The van der Waals surface area contributed by atoms with Gasteiger partial charge in [0.2, 0.25) is 5.91 Å². The van der Waals surface area contributed by atoms with Crippen LogP contribution in [0.25, 0.3) is 0 Å². The molecule has 0 N–H and O–H groups in total. The van der Waals surface area contributed by atoms with Gasteiger partial charge in [-0.15, -0.1) is 0 Å². The standard InChI is InChI=1S/C13H23NO3S/c1-5-6-10(2)13(15)14(12-7-8-12)11(3)9-18(4,16)17/h6,11-12H,5,7-9H2,1-4H3/b10-6+/t11-/m1/s1. The highest BCUT2D eigenvalue weighted by atomic mass is 32.2. The van der Waals surface area contributed by atoms with Crippen molar-refractivity contribution in [3.8, 4) is 0 Å². The van der Waals surface area contributed by atoms with E-state index >= 15 is 0 Å². The number of allylic oxidation sites excluding steroid dienone is 1. The van der Waals surface area contributed by atoms with Crippen molar-refractivity contribution in [3.63, 3.8) is 0 Å². The molecule has 1 fully saturated rings. The van der Waals surface area contributed by atoms with Gasteiger partial charge in [0.15, 0.2) is 0 Å². The summed E-state index contributed by atoms with van der Waals surface area (Å²) in [6.45, 7) is 5.60. The molecule has 1 atom stereocenters. The van der Waals surface area contributed by atoms with Crippen LogP contribution in [0, 0.1) is 0 Å². The Hall–Kier alpha value is -0.840. The fourth-order valence-electron chi connectivity index (χ4n) is 2.19. The second-order valence-corrected chi connectivity index (χ2v) is 7.37. The van der Waals surface area contributed by atoms with Crippen molar-refractivity contribution >= 4 is 15.7 Å². The van der Waals surface area contributed by atoms with Gasteiger partial charge in [-0.2, -0.15) is 0 Å². The van der Waals surface area contributed by atoms with E-state index < -0.39 is 9.84 Å². The molecule has 104 valence electrons. The topological polar surface area (TPSA) is 54.5 Å². The van der Waals surface area contributed by atoms with Gasteiger partial charge >= 0.3 is 0 Å². The number of hydrogen-bond donors (Lipinski definition) is 0. The highest BCUT2D eigenvalue weighted by molar-refractivity contribution is 7.90. The average molecular weight is 273 g/mol. The van der Waals surface area contributed by atoms with Gasteiger partial charge in [-0.25, -0.2) is 8.42 Å². The molecule has 0 aromatic heterocycles. The SMILES string of the molecule is CC/C=C(\C)C(=O)N(C1CC1)[C@H](C)CS(C)(=O)=O. The van der Waals surface area contributed by atoms with Crippen molar-refractivity contribution in [2.75, 3.05) is 12.0 Å². The van der Waals surface area contributed by atoms with Crippen LogP contribution in [0.5, 0.6) is 0 Å². The number of nitrogens with zero attached hydrogens (tertiary/aromatic N) is 1. The van der Waals surface area contributed by atoms with Crippen LogP contribution in [0.2, 0.25) is 0 Å². The Bertz CT molecular complexity index is 435. The first-order valence-electron chi connectivity index (χ1n) is 6.43. The van der Waals surface area contributed by atoms with Crippen LogP contribution < -0.4 is 0 Å². The van der Waals surface area contributed by atoms with Gasteiger partial charge in [0, 0.05) is 23.9 Å². The summed E-state index contributed by atoms with van der Waals surface area (Å²) in [6.07, 6.45) is 5.90. The van der Waals surface area contributed by atoms with Crippen molar-refractivity contribution in [1.29, 1.82) is 0 Å². The highest BCUT2D eigenvalue weighted by Gasteiger charge is 2.36. The lowest BCUT2D eigenvalue weighted by atomic mass is 10.2. The minimum absolute atomic E-state index is 0.0181. The first-order chi connectivity index (χ1) is 8.26. The predicted molar refractivity (Wildman–Crippen MR) is 73.1 cm³/mol. The smallest absolute Gasteiger partial charge is 0.249 e. The molecule has 0 heterocycles. The molecule has 0 spiro atoms. The molecule has 0 aromatic carbocycles. The van der Waals surface area contributed by atoms with E-state index in [1.807, 2.05) is 19.9 Å². The Morgan fingerprint density at radius 3 is 2.39 bits per heavy atom. The van der Waals surface area contributed by atoms with E-state index in [4.69, 9.17) is 0 Å². The van der Waals surface area contributed by atoms with Crippen molar-refractivity contribution in [3.05, 3.63) is 11.6 Å². The van der Waals surface area contributed by atoms with Crippen LogP contribution in [-0.4, -0.2) is 43.3 Å². The molecule has 18 heavy (non-hydrogen) atoms. The van der Waals surface area contributed by atoms with Gasteiger partial charge in [0.05, 0.1) is 5.75 Å². The normalized spacial score (nSPS) is 18.6. The Morgan fingerprint density at radius 2 is 2.00 bits per heavy atom. The van der Waals surface area contributed by atoms with Crippen LogP contribution >= 0.6 is 0 Å². The van der Waals surface area contributed by atoms with Gasteiger partial charge in [-0.05, 0) is 33.1 Å². The summed E-state index contributed by atoms with van der Waals surface area (Å²) in [4.78, 5) is 14.1. The number of hydrogen-bond acceptors (Lipinski definition) is 3. The fraction of sp³-hybridized carbons (Fsp3) is 0.769. The zero-order valence-corrected chi connectivity index (χ0v) is 12.5. The summed E-state index contributed by atoms with van der Waals surface area (Å²) in [5.41, 5.74) is 0.713. The summed E-state index contributed by atoms with van der Waals surface area (Å²) in [7, 11) is -3.06. The van der Waals surface area contributed by atoms with Crippen molar-refractivity contribution in [1.82, 2.24) is 4.90 Å². The van der Waals surface area contributed by atoms with E-state index in [0.717, 1.165) is 19.3 Å². The number of carbonyl (C=O) groups excluding carboxylic acids is 1. The van der Waals surface area contributed by atoms with Gasteiger partial charge in [0.1, 0.15) is 9.84 Å². The number of carbonyl (C=O) groups is 1. The van der Waals surface area contributed by atoms with Gasteiger partial charge < -0.3 is 4.90 Å². The van der Waals surface area contributed by atoms with Crippen molar-refractivity contribution in [2.45, 2.75) is 52.1 Å². The van der Waals surface area contributed by atoms with E-state index in [9.17, 15) is 13.2 Å². The molecule has 5 heteroatoms. The summed E-state index contributed by atoms with van der Waals surface area (Å²) < 4.78 is 22.7. The first-order valence-corrected chi connectivity index (χ1v) is 8.49. The third-order valence-corrected chi connectivity index (χ3v) is 4.13. The first kappa shape index (κ1) is 15.2. The Labute approximate surface area is 110 Å². The maximum absolute atomic E-state index is 12.3. The quantitative estimate of drug-likeness (QED) is 0.693. The lowest BCUT2D eigenvalue weighted by Gasteiger charge is -2.29. The van der Waals surface area contributed by atoms with E-state index in [1.165, 1.54) is 6.26 Å². The van der Waals surface area contributed by atoms with Gasteiger partial charge in [-0.3, -0.25) is 4.79 Å². The van der Waals surface area contributed by atoms with Crippen molar-refractivity contribution < 1.29 is 13.2 Å². The zero-order chi connectivity index (χ0) is 13.9. The number of sulfone groups is 1. The summed E-state index contributed by atoms with van der Waals surface area (Å²) in [6, 6.07) is -0.0188. The minimum Gasteiger partial charge on any atom is -0.332 e. The van der Waals surface area contributed by atoms with Crippen LogP contribution in [0.4, 0.5) is 0 Å². The molecule has 1 amide bonds. The molecule has 0 radical (unpaired) electrons. The van der Waals surface area contributed by atoms with Crippen LogP contribution in [0.3, 0.4) is 0 Å². The molecule has 1 aliphatic carbocycles. The summed E-state index contributed by atoms with van der Waals surface area (Å²) >= 11 is 0. The van der Waals surface area contributed by atoms with Gasteiger partial charge in [0.25, 0.3) is 0 Å². The van der Waals surface area contributed by atoms with E-state index in [-0.39, 0.29) is 23.7 Å². The Morgan fingerprint density at radius 1 is 1.44 bits per heavy atom. The monoisotopic (exact) mass is 273 g/mol. The molecule has 1 rings (SSSR count). The fourth-order valence-corrected chi connectivity index (χ4v) is 3.23. The van der Waals surface area contributed by atoms with Crippen LogP contribution in [0.15, 0.2) is 11.6 Å². The second kappa shape index (κ2) is 5.87. The molecular weight excluding hydrogens is 250 g/mol.